The molecular formula is C17H16F2N6OS. The fraction of sp³-hybridized carbons (Fsp3) is 0.176. The number of ether oxygens (including phenoxy) is 1. The zero-order valence-electron chi connectivity index (χ0n) is 14.3. The minimum Gasteiger partial charge on any atom is -0.457 e. The molecule has 0 spiro atoms. The van der Waals surface area contributed by atoms with Crippen molar-refractivity contribution in [3.63, 3.8) is 0 Å². The van der Waals surface area contributed by atoms with Crippen LogP contribution in [0.1, 0.15) is 11.3 Å². The lowest BCUT2D eigenvalue weighted by Crippen LogP contribution is -2.29. The van der Waals surface area contributed by atoms with E-state index in [-0.39, 0.29) is 35.9 Å². The Bertz CT molecular complexity index is 949. The maximum Gasteiger partial charge on any atom is 0.318 e. The van der Waals surface area contributed by atoms with Crippen LogP contribution in [0.3, 0.4) is 0 Å². The molecule has 1 aromatic carbocycles. The molecule has 0 atom stereocenters. The van der Waals surface area contributed by atoms with E-state index < -0.39 is 5.82 Å². The monoisotopic (exact) mass is 390 g/mol. The van der Waals surface area contributed by atoms with Gasteiger partial charge >= 0.3 is 6.01 Å². The lowest BCUT2D eigenvalue weighted by atomic mass is 10.2. The van der Waals surface area contributed by atoms with E-state index in [1.54, 1.807) is 42.2 Å². The summed E-state index contributed by atoms with van der Waals surface area (Å²) in [6.07, 6.45) is 2.75. The maximum absolute atomic E-state index is 13.9. The Kier molecular flexibility index (Phi) is 5.87. The van der Waals surface area contributed by atoms with Crippen LogP contribution < -0.4 is 15.4 Å². The van der Waals surface area contributed by atoms with Crippen molar-refractivity contribution in [2.24, 2.45) is 7.05 Å². The van der Waals surface area contributed by atoms with Gasteiger partial charge in [0.05, 0.1) is 11.9 Å². The summed E-state index contributed by atoms with van der Waals surface area (Å²) in [6, 6.07) is 8.04. The molecule has 140 valence electrons. The van der Waals surface area contributed by atoms with Gasteiger partial charge in [0.15, 0.2) is 16.7 Å². The van der Waals surface area contributed by atoms with Gasteiger partial charge in [-0.05, 0) is 24.4 Å². The molecule has 0 saturated carbocycles. The lowest BCUT2D eigenvalue weighted by Gasteiger charge is -2.11. The molecule has 0 fully saturated rings. The highest BCUT2D eigenvalue weighted by molar-refractivity contribution is 7.80. The van der Waals surface area contributed by atoms with Crippen LogP contribution in [0.15, 0.2) is 42.7 Å². The Morgan fingerprint density at radius 1 is 1.22 bits per heavy atom. The summed E-state index contributed by atoms with van der Waals surface area (Å²) < 4.78 is 34.6. The number of nitrogens with one attached hydrogen (secondary N) is 2. The molecule has 0 aliphatic rings. The normalized spacial score (nSPS) is 10.5. The predicted octanol–water partition coefficient (Wildman–Crippen LogP) is 2.55. The zero-order valence-corrected chi connectivity index (χ0v) is 15.1. The third-order valence-corrected chi connectivity index (χ3v) is 3.72. The Labute approximate surface area is 159 Å². The lowest BCUT2D eigenvalue weighted by molar-refractivity contribution is 0.274. The van der Waals surface area contributed by atoms with Crippen molar-refractivity contribution in [2.75, 3.05) is 5.32 Å². The fourth-order valence-electron chi connectivity index (χ4n) is 2.16. The Hall–Kier alpha value is -3.14. The van der Waals surface area contributed by atoms with Gasteiger partial charge in [-0.15, -0.1) is 0 Å². The highest BCUT2D eigenvalue weighted by Crippen LogP contribution is 2.14. The molecule has 10 heteroatoms. The standard InChI is InChI=1S/C17H16F2N6OS/c1-25-7-6-12(24-25)10-26-16-20-9-14(19)15(22-16)23-17(27)21-8-11-4-2-3-5-13(11)18/h2-7,9H,8,10H2,1H3,(H2,20,21,22,23,27). The third-order valence-electron chi connectivity index (χ3n) is 3.47. The van der Waals surface area contributed by atoms with Crippen molar-refractivity contribution in [3.05, 3.63) is 65.6 Å². The molecule has 0 unspecified atom stereocenters. The summed E-state index contributed by atoms with van der Waals surface area (Å²) in [5, 5.41) is 9.66. The Morgan fingerprint density at radius 3 is 2.78 bits per heavy atom. The number of rotatable bonds is 6. The van der Waals surface area contributed by atoms with Gasteiger partial charge in [0.1, 0.15) is 12.4 Å². The number of thiocarbonyl (C=S) groups is 1. The van der Waals surface area contributed by atoms with Gasteiger partial charge in [-0.2, -0.15) is 10.1 Å². The average Bonchev–Trinajstić information content (AvgIpc) is 3.07. The quantitative estimate of drug-likeness (QED) is 0.627. The smallest absolute Gasteiger partial charge is 0.318 e. The van der Waals surface area contributed by atoms with Gasteiger partial charge in [0.2, 0.25) is 0 Å². The first-order chi connectivity index (χ1) is 13.0. The van der Waals surface area contributed by atoms with Crippen LogP contribution in [0, 0.1) is 11.6 Å². The van der Waals surface area contributed by atoms with Gasteiger partial charge in [-0.1, -0.05) is 18.2 Å². The molecule has 0 saturated heterocycles. The summed E-state index contributed by atoms with van der Waals surface area (Å²) in [5.74, 6) is -1.20. The predicted molar refractivity (Wildman–Crippen MR) is 99.0 cm³/mol. The number of anilines is 1. The number of hydrogen-bond donors (Lipinski definition) is 2. The summed E-state index contributed by atoms with van der Waals surface area (Å²) in [5.41, 5.74) is 1.12. The Balaban J connectivity index is 1.58. The second-order valence-electron chi connectivity index (χ2n) is 5.52. The van der Waals surface area contributed by atoms with Crippen molar-refractivity contribution in [3.8, 4) is 6.01 Å². The van der Waals surface area contributed by atoms with Gasteiger partial charge in [0, 0.05) is 25.4 Å². The molecule has 0 aliphatic carbocycles. The van der Waals surface area contributed by atoms with Crippen molar-refractivity contribution in [2.45, 2.75) is 13.2 Å². The third kappa shape index (κ3) is 5.17. The SMILES string of the molecule is Cn1ccc(COc2ncc(F)c(NC(=S)NCc3ccccc3F)n2)n1. The molecule has 3 rings (SSSR count). The van der Waals surface area contributed by atoms with Gasteiger partial charge < -0.3 is 15.4 Å². The van der Waals surface area contributed by atoms with Crippen LogP contribution in [-0.4, -0.2) is 24.9 Å². The number of halogens is 2. The van der Waals surface area contributed by atoms with E-state index in [1.807, 2.05) is 0 Å². The number of aryl methyl sites for hydroxylation is 1. The van der Waals surface area contributed by atoms with E-state index in [9.17, 15) is 8.78 Å². The van der Waals surface area contributed by atoms with E-state index >= 15 is 0 Å². The molecule has 2 heterocycles. The minimum absolute atomic E-state index is 0.0264. The van der Waals surface area contributed by atoms with Crippen molar-refractivity contribution in [1.82, 2.24) is 25.1 Å². The number of nitrogens with zero attached hydrogens (tertiary/aromatic N) is 4. The summed E-state index contributed by atoms with van der Waals surface area (Å²) in [6.45, 7) is 0.288. The van der Waals surface area contributed by atoms with Gasteiger partial charge in [-0.3, -0.25) is 4.68 Å². The first kappa shape index (κ1) is 18.6. The van der Waals surface area contributed by atoms with Crippen LogP contribution in [-0.2, 0) is 20.2 Å². The van der Waals surface area contributed by atoms with E-state index in [2.05, 4.69) is 25.7 Å². The molecule has 2 N–H and O–H groups in total. The number of hydrogen-bond acceptors (Lipinski definition) is 5. The summed E-state index contributed by atoms with van der Waals surface area (Å²) in [4.78, 5) is 7.73. The van der Waals surface area contributed by atoms with Crippen molar-refractivity contribution in [1.29, 1.82) is 0 Å². The second-order valence-corrected chi connectivity index (χ2v) is 5.93. The molecule has 3 aromatic rings. The van der Waals surface area contributed by atoms with Gasteiger partial charge in [0.25, 0.3) is 0 Å². The zero-order chi connectivity index (χ0) is 19.2. The second kappa shape index (κ2) is 8.49. The highest BCUT2D eigenvalue weighted by Gasteiger charge is 2.11. The average molecular weight is 390 g/mol. The number of benzene rings is 1. The van der Waals surface area contributed by atoms with Crippen LogP contribution in [0.4, 0.5) is 14.6 Å². The molecule has 7 nitrogen and oxygen atoms in total. The minimum atomic E-state index is -0.699. The van der Waals surface area contributed by atoms with E-state index in [4.69, 9.17) is 17.0 Å². The maximum atomic E-state index is 13.9. The topological polar surface area (TPSA) is 76.9 Å². The summed E-state index contributed by atoms with van der Waals surface area (Å²) >= 11 is 5.10. The molecule has 0 radical (unpaired) electrons. The van der Waals surface area contributed by atoms with Crippen molar-refractivity contribution >= 4 is 23.1 Å². The first-order valence-electron chi connectivity index (χ1n) is 7.93. The van der Waals surface area contributed by atoms with Crippen LogP contribution >= 0.6 is 12.2 Å². The summed E-state index contributed by atoms with van der Waals surface area (Å²) in [7, 11) is 1.79. The molecule has 0 amide bonds. The van der Waals surface area contributed by atoms with Crippen LogP contribution in [0.2, 0.25) is 0 Å². The van der Waals surface area contributed by atoms with Gasteiger partial charge in [-0.25, -0.2) is 13.8 Å². The highest BCUT2D eigenvalue weighted by atomic mass is 32.1. The van der Waals surface area contributed by atoms with Crippen molar-refractivity contribution < 1.29 is 13.5 Å². The van der Waals surface area contributed by atoms with E-state index in [0.717, 1.165) is 6.20 Å². The molecule has 2 aromatic heterocycles. The van der Waals surface area contributed by atoms with Crippen LogP contribution in [0.25, 0.3) is 0 Å². The molecular weight excluding hydrogens is 374 g/mol. The Morgan fingerprint density at radius 2 is 2.04 bits per heavy atom. The number of aromatic nitrogens is 4. The molecule has 0 bridgehead atoms. The van der Waals surface area contributed by atoms with E-state index in [0.29, 0.717) is 11.3 Å². The molecule has 0 aliphatic heterocycles. The largest absolute Gasteiger partial charge is 0.457 e. The fourth-order valence-corrected chi connectivity index (χ4v) is 2.32. The first-order valence-corrected chi connectivity index (χ1v) is 8.34. The van der Waals surface area contributed by atoms with E-state index in [1.165, 1.54) is 6.07 Å². The molecule has 27 heavy (non-hydrogen) atoms. The van der Waals surface area contributed by atoms with Crippen LogP contribution in [0.5, 0.6) is 6.01 Å².